The van der Waals surface area contributed by atoms with Gasteiger partial charge in [0.25, 0.3) is 0 Å². The first-order chi connectivity index (χ1) is 7.22. The van der Waals surface area contributed by atoms with Crippen molar-refractivity contribution in [3.63, 3.8) is 0 Å². The van der Waals surface area contributed by atoms with E-state index < -0.39 is 0 Å². The second-order valence-corrected chi connectivity index (χ2v) is 4.88. The van der Waals surface area contributed by atoms with Gasteiger partial charge in [0.1, 0.15) is 0 Å². The van der Waals surface area contributed by atoms with E-state index in [9.17, 15) is 0 Å². The molecule has 0 bridgehead atoms. The lowest BCUT2D eigenvalue weighted by molar-refractivity contribution is 0.595. The maximum Gasteiger partial charge on any atom is 0.0498 e. The molecule has 0 aliphatic rings. The van der Waals surface area contributed by atoms with Crippen molar-refractivity contribution in [2.24, 2.45) is 11.7 Å². The highest BCUT2D eigenvalue weighted by Gasteiger charge is 2.08. The van der Waals surface area contributed by atoms with Crippen molar-refractivity contribution in [1.82, 2.24) is 4.98 Å². The quantitative estimate of drug-likeness (QED) is 0.881. The molecule has 0 aliphatic heterocycles. The Kier molecular flexibility index (Phi) is 3.12. The van der Waals surface area contributed by atoms with Crippen molar-refractivity contribution in [3.05, 3.63) is 34.4 Å². The Hall–Kier alpha value is -0.800. The first-order valence-electron chi connectivity index (χ1n) is 5.17. The van der Waals surface area contributed by atoms with Crippen LogP contribution < -0.4 is 5.73 Å². The van der Waals surface area contributed by atoms with Crippen molar-refractivity contribution < 1.29 is 0 Å². The van der Waals surface area contributed by atoms with E-state index in [0.717, 1.165) is 17.4 Å². The Balaban J connectivity index is 2.43. The molecule has 0 fully saturated rings. The first kappa shape index (κ1) is 10.7. The Bertz CT molecular complexity index is 462. The van der Waals surface area contributed by atoms with Crippen LogP contribution in [0.25, 0.3) is 10.9 Å². The third kappa shape index (κ3) is 2.08. The predicted molar refractivity (Wildman–Crippen MR) is 67.9 cm³/mol. The number of aromatic nitrogens is 1. The highest BCUT2D eigenvalue weighted by atomic mass is 79.9. The van der Waals surface area contributed by atoms with E-state index in [2.05, 4.69) is 46.0 Å². The minimum Gasteiger partial charge on any atom is -0.360 e. The van der Waals surface area contributed by atoms with Crippen LogP contribution in [0.2, 0.25) is 0 Å². The van der Waals surface area contributed by atoms with Gasteiger partial charge in [0.15, 0.2) is 0 Å². The molecule has 80 valence electrons. The van der Waals surface area contributed by atoms with Crippen LogP contribution >= 0.6 is 15.9 Å². The van der Waals surface area contributed by atoms with E-state index in [0.29, 0.717) is 5.92 Å². The largest absolute Gasteiger partial charge is 0.360 e. The number of hydrogen-bond acceptors (Lipinski definition) is 1. The summed E-state index contributed by atoms with van der Waals surface area (Å²) in [6, 6.07) is 6.38. The van der Waals surface area contributed by atoms with Gasteiger partial charge in [-0.15, -0.1) is 0 Å². The molecule has 1 atom stereocenters. The monoisotopic (exact) mass is 266 g/mol. The summed E-state index contributed by atoms with van der Waals surface area (Å²) in [5, 5.41) is 1.25. The Morgan fingerprint density at radius 1 is 1.47 bits per heavy atom. The number of nitrogens with two attached hydrogens (primary N) is 1. The van der Waals surface area contributed by atoms with Gasteiger partial charge in [-0.1, -0.05) is 25.1 Å². The van der Waals surface area contributed by atoms with Crippen molar-refractivity contribution in [1.29, 1.82) is 0 Å². The van der Waals surface area contributed by atoms with Crippen molar-refractivity contribution in [2.75, 3.05) is 6.54 Å². The number of fused-ring (bicyclic) bond motifs is 1. The third-order valence-electron chi connectivity index (χ3n) is 2.72. The van der Waals surface area contributed by atoms with E-state index in [-0.39, 0.29) is 0 Å². The maximum atomic E-state index is 5.65. The van der Waals surface area contributed by atoms with Gasteiger partial charge in [0.2, 0.25) is 0 Å². The van der Waals surface area contributed by atoms with Gasteiger partial charge in [-0.3, -0.25) is 0 Å². The topological polar surface area (TPSA) is 41.8 Å². The summed E-state index contributed by atoms with van der Waals surface area (Å²) in [5.41, 5.74) is 8.22. The molecular weight excluding hydrogens is 252 g/mol. The van der Waals surface area contributed by atoms with E-state index in [4.69, 9.17) is 5.73 Å². The second-order valence-electron chi connectivity index (χ2n) is 4.02. The number of halogens is 1. The molecule has 15 heavy (non-hydrogen) atoms. The Morgan fingerprint density at radius 3 is 3.00 bits per heavy atom. The van der Waals surface area contributed by atoms with Crippen LogP contribution in [0.3, 0.4) is 0 Å². The summed E-state index contributed by atoms with van der Waals surface area (Å²) in [6.45, 7) is 2.91. The van der Waals surface area contributed by atoms with Gasteiger partial charge in [0, 0.05) is 21.6 Å². The number of para-hydroxylation sites is 1. The van der Waals surface area contributed by atoms with Crippen LogP contribution in [0.1, 0.15) is 12.5 Å². The number of aromatic amines is 1. The summed E-state index contributed by atoms with van der Waals surface area (Å²) in [6.07, 6.45) is 3.02. The highest BCUT2D eigenvalue weighted by Crippen LogP contribution is 2.26. The molecular formula is C12H15BrN2. The fraction of sp³-hybridized carbons (Fsp3) is 0.333. The van der Waals surface area contributed by atoms with Crippen LogP contribution in [-0.2, 0) is 6.42 Å². The molecule has 2 nitrogen and oxygen atoms in total. The van der Waals surface area contributed by atoms with Gasteiger partial charge < -0.3 is 10.7 Å². The number of nitrogens with one attached hydrogen (secondary N) is 1. The second kappa shape index (κ2) is 4.37. The molecule has 3 N–H and O–H groups in total. The molecule has 0 amide bonds. The molecule has 0 radical (unpaired) electrons. The summed E-state index contributed by atoms with van der Waals surface area (Å²) in [4.78, 5) is 3.30. The van der Waals surface area contributed by atoms with Crippen LogP contribution in [-0.4, -0.2) is 11.5 Å². The maximum absolute atomic E-state index is 5.65. The number of benzene rings is 1. The summed E-state index contributed by atoms with van der Waals surface area (Å²) in [7, 11) is 0. The van der Waals surface area contributed by atoms with Crippen LogP contribution in [0.5, 0.6) is 0 Å². The summed E-state index contributed by atoms with van der Waals surface area (Å²) < 4.78 is 1.12. The van der Waals surface area contributed by atoms with Crippen LogP contribution in [0.15, 0.2) is 28.9 Å². The molecule has 1 unspecified atom stereocenters. The lowest BCUT2D eigenvalue weighted by Gasteiger charge is -2.09. The smallest absolute Gasteiger partial charge is 0.0498 e. The average molecular weight is 267 g/mol. The molecule has 0 saturated heterocycles. The zero-order chi connectivity index (χ0) is 10.8. The van der Waals surface area contributed by atoms with E-state index >= 15 is 0 Å². The molecule has 0 spiro atoms. The Labute approximate surface area is 98.0 Å². The predicted octanol–water partition coefficient (Wildman–Crippen LogP) is 3.07. The van der Waals surface area contributed by atoms with Gasteiger partial charge in [-0.2, -0.15) is 0 Å². The van der Waals surface area contributed by atoms with E-state index in [1.54, 1.807) is 0 Å². The Morgan fingerprint density at radius 2 is 2.27 bits per heavy atom. The fourth-order valence-corrected chi connectivity index (χ4v) is 2.26. The molecule has 3 heteroatoms. The molecule has 1 aromatic heterocycles. The summed E-state index contributed by atoms with van der Waals surface area (Å²) >= 11 is 3.53. The number of hydrogen-bond donors (Lipinski definition) is 2. The fourth-order valence-electron chi connectivity index (χ4n) is 1.81. The molecule has 0 saturated carbocycles. The van der Waals surface area contributed by atoms with Crippen molar-refractivity contribution in [3.8, 4) is 0 Å². The van der Waals surface area contributed by atoms with Gasteiger partial charge in [-0.05, 0) is 40.4 Å². The minimum atomic E-state index is 0.526. The highest BCUT2D eigenvalue weighted by molar-refractivity contribution is 9.10. The zero-order valence-electron chi connectivity index (χ0n) is 8.76. The minimum absolute atomic E-state index is 0.526. The third-order valence-corrected chi connectivity index (χ3v) is 3.38. The molecule has 0 aliphatic carbocycles. The van der Waals surface area contributed by atoms with Crippen molar-refractivity contribution in [2.45, 2.75) is 13.3 Å². The van der Waals surface area contributed by atoms with Gasteiger partial charge >= 0.3 is 0 Å². The number of rotatable bonds is 3. The number of H-pyrrole nitrogens is 1. The molecule has 2 rings (SSSR count). The summed E-state index contributed by atoms with van der Waals surface area (Å²) in [5.74, 6) is 0.526. The lowest BCUT2D eigenvalue weighted by atomic mass is 10.00. The normalized spacial score (nSPS) is 13.3. The average Bonchev–Trinajstić information content (AvgIpc) is 2.62. The van der Waals surface area contributed by atoms with Crippen LogP contribution in [0.4, 0.5) is 0 Å². The lowest BCUT2D eigenvalue weighted by Crippen LogP contribution is -2.13. The molecule has 2 aromatic rings. The van der Waals surface area contributed by atoms with E-state index in [1.807, 2.05) is 6.20 Å². The first-order valence-corrected chi connectivity index (χ1v) is 5.96. The zero-order valence-corrected chi connectivity index (χ0v) is 10.3. The van der Waals surface area contributed by atoms with Crippen LogP contribution in [0, 0.1) is 5.92 Å². The van der Waals surface area contributed by atoms with Gasteiger partial charge in [0.05, 0.1) is 0 Å². The van der Waals surface area contributed by atoms with E-state index in [1.165, 1.54) is 16.5 Å². The standard InChI is InChI=1S/C12H15BrN2/c1-8(6-14)5-9-3-2-4-10-11(13)7-15-12(9)10/h2-4,7-8,15H,5-6,14H2,1H3. The molecule has 1 heterocycles. The van der Waals surface area contributed by atoms with Gasteiger partial charge in [-0.25, -0.2) is 0 Å². The SMILES string of the molecule is CC(CN)Cc1cccc2c(Br)c[nH]c12. The van der Waals surface area contributed by atoms with Crippen molar-refractivity contribution >= 4 is 26.8 Å². The molecule has 1 aromatic carbocycles.